The van der Waals surface area contributed by atoms with E-state index >= 15 is 0 Å². The zero-order valence-electron chi connectivity index (χ0n) is 16.7. The molecule has 2 unspecified atom stereocenters. The van der Waals surface area contributed by atoms with Gasteiger partial charge in [-0.3, -0.25) is 9.78 Å². The van der Waals surface area contributed by atoms with E-state index < -0.39 is 23.9 Å². The maximum absolute atomic E-state index is 12.8. The number of nitrogens with zero attached hydrogens (tertiary/aromatic N) is 1. The number of esters is 2. The van der Waals surface area contributed by atoms with Crippen LogP contribution in [0.25, 0.3) is 0 Å². The van der Waals surface area contributed by atoms with Gasteiger partial charge < -0.3 is 14.8 Å². The zero-order valence-corrected chi connectivity index (χ0v) is 17.5. The number of nitrogens with one attached hydrogen (secondary N) is 1. The molecule has 0 saturated heterocycles. The summed E-state index contributed by atoms with van der Waals surface area (Å²) in [5, 5.41) is 3.25. The highest BCUT2D eigenvalue weighted by atomic mass is 32.1. The van der Waals surface area contributed by atoms with Crippen LogP contribution in [-0.2, 0) is 27.1 Å². The number of carbonyl (C=O) groups is 3. The first kappa shape index (κ1) is 21.0. The molecule has 2 heterocycles. The fourth-order valence-electron chi connectivity index (χ4n) is 3.35. The highest BCUT2D eigenvalue weighted by Crippen LogP contribution is 2.40. The Balaban J connectivity index is 1.80. The summed E-state index contributed by atoms with van der Waals surface area (Å²) in [6.07, 6.45) is 4.89. The summed E-state index contributed by atoms with van der Waals surface area (Å²) in [6.45, 7) is 3.92. The number of anilines is 1. The number of carbonyl (C=O) groups excluding carboxylic acids is 3. The lowest BCUT2D eigenvalue weighted by Gasteiger charge is -2.18. The Morgan fingerprint density at radius 3 is 2.79 bits per heavy atom. The van der Waals surface area contributed by atoms with Crippen molar-refractivity contribution in [2.45, 2.75) is 45.6 Å². The van der Waals surface area contributed by atoms with Crippen LogP contribution >= 0.6 is 11.3 Å². The molecule has 0 radical (unpaired) electrons. The van der Waals surface area contributed by atoms with Crippen molar-refractivity contribution in [3.63, 3.8) is 0 Å². The van der Waals surface area contributed by atoms with Gasteiger partial charge in [-0.15, -0.1) is 11.3 Å². The minimum atomic E-state index is -0.980. The first-order valence-electron chi connectivity index (χ1n) is 9.59. The summed E-state index contributed by atoms with van der Waals surface area (Å²) >= 11 is 1.40. The van der Waals surface area contributed by atoms with Gasteiger partial charge in [0.1, 0.15) is 5.00 Å². The third-order valence-corrected chi connectivity index (χ3v) is 6.12. The van der Waals surface area contributed by atoms with Crippen molar-refractivity contribution >= 4 is 34.2 Å². The van der Waals surface area contributed by atoms with Gasteiger partial charge in [0.05, 0.1) is 18.2 Å². The smallest absolute Gasteiger partial charge is 0.341 e. The second-order valence-corrected chi connectivity index (χ2v) is 8.19. The number of hydrogen-bond donors (Lipinski definition) is 1. The van der Waals surface area contributed by atoms with Crippen molar-refractivity contribution in [3.8, 4) is 0 Å². The van der Waals surface area contributed by atoms with Gasteiger partial charge in [0.15, 0.2) is 6.10 Å². The van der Waals surface area contributed by atoms with Crippen LogP contribution in [0.15, 0.2) is 24.5 Å². The Kier molecular flexibility index (Phi) is 6.64. The summed E-state index contributed by atoms with van der Waals surface area (Å²) in [6, 6.07) is 3.20. The average molecular weight is 416 g/mol. The van der Waals surface area contributed by atoms with Gasteiger partial charge in [0.25, 0.3) is 5.91 Å². The van der Waals surface area contributed by atoms with Crippen molar-refractivity contribution in [2.75, 3.05) is 12.4 Å². The highest BCUT2D eigenvalue weighted by Gasteiger charge is 2.30. The Labute approximate surface area is 173 Å². The fourth-order valence-corrected chi connectivity index (χ4v) is 4.75. The van der Waals surface area contributed by atoms with E-state index in [0.717, 1.165) is 29.7 Å². The number of fused-ring (bicyclic) bond motifs is 1. The average Bonchev–Trinajstić information content (AvgIpc) is 3.08. The predicted molar refractivity (Wildman–Crippen MR) is 109 cm³/mol. The molecule has 0 aliphatic heterocycles. The van der Waals surface area contributed by atoms with E-state index in [2.05, 4.69) is 17.2 Å². The minimum absolute atomic E-state index is 0.273. The monoisotopic (exact) mass is 416 g/mol. The van der Waals surface area contributed by atoms with Crippen molar-refractivity contribution in [1.29, 1.82) is 0 Å². The van der Waals surface area contributed by atoms with Crippen molar-refractivity contribution < 1.29 is 23.9 Å². The van der Waals surface area contributed by atoms with Crippen molar-refractivity contribution in [1.82, 2.24) is 4.98 Å². The summed E-state index contributed by atoms with van der Waals surface area (Å²) in [5.41, 5.74) is 1.64. The molecular weight excluding hydrogens is 392 g/mol. The number of ether oxygens (including phenoxy) is 2. The molecule has 7 nitrogen and oxygen atoms in total. The number of methoxy groups -OCH3 is 1. The maximum Gasteiger partial charge on any atom is 0.341 e. The number of hydrogen-bond acceptors (Lipinski definition) is 7. The van der Waals surface area contributed by atoms with Gasteiger partial charge in [-0.05, 0) is 49.3 Å². The van der Waals surface area contributed by atoms with Crippen LogP contribution in [0.1, 0.15) is 57.8 Å². The molecule has 2 atom stereocenters. The Morgan fingerprint density at radius 1 is 1.34 bits per heavy atom. The standard InChI is InChI=1S/C21H24N2O5S/c1-4-15(28-20(25)13-6-5-9-22-11-13)18(24)23-19-17(21(26)27-3)14-8-7-12(2)10-16(14)29-19/h5-6,9,11-12,15H,4,7-8,10H2,1-3H3,(H,23,24). The van der Waals surface area contributed by atoms with Gasteiger partial charge >= 0.3 is 11.9 Å². The van der Waals surface area contributed by atoms with E-state index in [4.69, 9.17) is 9.47 Å². The van der Waals surface area contributed by atoms with E-state index in [1.54, 1.807) is 25.3 Å². The summed E-state index contributed by atoms with van der Waals surface area (Å²) < 4.78 is 10.3. The largest absolute Gasteiger partial charge is 0.465 e. The molecule has 0 spiro atoms. The third-order valence-electron chi connectivity index (χ3n) is 4.95. The van der Waals surface area contributed by atoms with Crippen LogP contribution in [0.5, 0.6) is 0 Å². The Hall–Kier alpha value is -2.74. The van der Waals surface area contributed by atoms with E-state index in [1.165, 1.54) is 24.6 Å². The molecule has 2 aromatic rings. The molecule has 0 bridgehead atoms. The molecule has 1 aliphatic rings. The van der Waals surface area contributed by atoms with E-state index in [9.17, 15) is 14.4 Å². The number of thiophene rings is 1. The second-order valence-electron chi connectivity index (χ2n) is 7.08. The first-order valence-corrected chi connectivity index (χ1v) is 10.4. The molecule has 1 N–H and O–H groups in total. The number of rotatable bonds is 6. The van der Waals surface area contributed by atoms with Crippen LogP contribution in [0.3, 0.4) is 0 Å². The SMILES string of the molecule is CCC(OC(=O)c1cccnc1)C(=O)Nc1sc2c(c1C(=O)OC)CCC(C)C2. The van der Waals surface area contributed by atoms with Gasteiger partial charge in [-0.1, -0.05) is 13.8 Å². The molecule has 8 heteroatoms. The summed E-state index contributed by atoms with van der Waals surface area (Å²) in [5.74, 6) is -1.03. The van der Waals surface area contributed by atoms with Gasteiger partial charge in [0, 0.05) is 17.3 Å². The second kappa shape index (κ2) is 9.17. The van der Waals surface area contributed by atoms with Crippen LogP contribution in [0, 0.1) is 5.92 Å². The van der Waals surface area contributed by atoms with Crippen LogP contribution in [0.2, 0.25) is 0 Å². The number of aromatic nitrogens is 1. The van der Waals surface area contributed by atoms with Crippen LogP contribution in [-0.4, -0.2) is 36.0 Å². The molecule has 29 heavy (non-hydrogen) atoms. The zero-order chi connectivity index (χ0) is 21.0. The van der Waals surface area contributed by atoms with Crippen LogP contribution < -0.4 is 5.32 Å². The van der Waals surface area contributed by atoms with Crippen molar-refractivity contribution in [2.24, 2.45) is 5.92 Å². The topological polar surface area (TPSA) is 94.6 Å². The van der Waals surface area contributed by atoms with E-state index in [0.29, 0.717) is 22.9 Å². The molecular formula is C21H24N2O5S. The lowest BCUT2D eigenvalue weighted by Crippen LogP contribution is -2.32. The first-order chi connectivity index (χ1) is 13.9. The fraction of sp³-hybridized carbons (Fsp3) is 0.429. The third kappa shape index (κ3) is 4.64. The molecule has 2 aromatic heterocycles. The van der Waals surface area contributed by atoms with Gasteiger partial charge in [-0.2, -0.15) is 0 Å². The molecule has 0 fully saturated rings. The summed E-state index contributed by atoms with van der Waals surface area (Å²) in [7, 11) is 1.33. The Morgan fingerprint density at radius 2 is 2.14 bits per heavy atom. The van der Waals surface area contributed by atoms with E-state index in [-0.39, 0.29) is 5.56 Å². The van der Waals surface area contributed by atoms with Gasteiger partial charge in [-0.25, -0.2) is 9.59 Å². The Bertz CT molecular complexity index is 909. The molecule has 1 aliphatic carbocycles. The quantitative estimate of drug-likeness (QED) is 0.723. The maximum atomic E-state index is 12.8. The van der Waals surface area contributed by atoms with Crippen LogP contribution in [0.4, 0.5) is 5.00 Å². The number of amides is 1. The molecule has 0 aromatic carbocycles. The van der Waals surface area contributed by atoms with Gasteiger partial charge in [0.2, 0.25) is 0 Å². The van der Waals surface area contributed by atoms with Crippen molar-refractivity contribution in [3.05, 3.63) is 46.1 Å². The minimum Gasteiger partial charge on any atom is -0.465 e. The highest BCUT2D eigenvalue weighted by molar-refractivity contribution is 7.17. The predicted octanol–water partition coefficient (Wildman–Crippen LogP) is 3.63. The number of pyridine rings is 1. The van der Waals surface area contributed by atoms with E-state index in [1.807, 2.05) is 0 Å². The summed E-state index contributed by atoms with van der Waals surface area (Å²) in [4.78, 5) is 42.4. The lowest BCUT2D eigenvalue weighted by molar-refractivity contribution is -0.124. The molecule has 0 saturated carbocycles. The molecule has 1 amide bonds. The molecule has 154 valence electrons. The normalized spacial score (nSPS) is 16.4. The lowest BCUT2D eigenvalue weighted by atomic mass is 9.88. The molecule has 3 rings (SSSR count).